The molecule has 0 saturated heterocycles. The third-order valence-electron chi connectivity index (χ3n) is 3.81. The number of rotatable bonds is 8. The molecule has 0 aliphatic heterocycles. The Bertz CT molecular complexity index is 692. The van der Waals surface area contributed by atoms with E-state index in [9.17, 15) is 9.00 Å². The first-order chi connectivity index (χ1) is 11.6. The van der Waals surface area contributed by atoms with Gasteiger partial charge >= 0.3 is 5.97 Å². The number of ether oxygens (including phenoxy) is 1. The van der Waals surface area contributed by atoms with Crippen LogP contribution in [-0.2, 0) is 33.2 Å². The van der Waals surface area contributed by atoms with Crippen molar-refractivity contribution in [1.82, 2.24) is 0 Å². The minimum atomic E-state index is -0.944. The summed E-state index contributed by atoms with van der Waals surface area (Å²) >= 11 is 0. The lowest BCUT2D eigenvalue weighted by molar-refractivity contribution is -0.142. The van der Waals surface area contributed by atoms with E-state index in [1.54, 1.807) is 0 Å². The standard InChI is InChI=1S/C20H24O3S/c1-3-23-20(21)15-18-12-10-17(11-13-18)8-6-14-24(22)19-9-5-4-7-16(19)2/h4-5,7,9-13H,3,6,8,14-15H2,1-2H3. The maximum Gasteiger partial charge on any atom is 0.310 e. The van der Waals surface area contributed by atoms with Crippen molar-refractivity contribution in [2.24, 2.45) is 0 Å². The highest BCUT2D eigenvalue weighted by Crippen LogP contribution is 2.14. The molecule has 0 radical (unpaired) electrons. The molecule has 0 fully saturated rings. The van der Waals surface area contributed by atoms with Crippen LogP contribution in [0.4, 0.5) is 0 Å². The fourth-order valence-corrected chi connectivity index (χ4v) is 3.82. The third-order valence-corrected chi connectivity index (χ3v) is 5.42. The summed E-state index contributed by atoms with van der Waals surface area (Å²) in [5, 5.41) is 0. The van der Waals surface area contributed by atoms with Gasteiger partial charge in [-0.3, -0.25) is 9.00 Å². The van der Waals surface area contributed by atoms with Gasteiger partial charge in [-0.25, -0.2) is 0 Å². The second-order valence-corrected chi connectivity index (χ2v) is 7.26. The number of hydrogen-bond donors (Lipinski definition) is 0. The molecule has 2 aromatic rings. The average Bonchev–Trinajstić information content (AvgIpc) is 2.57. The Hall–Kier alpha value is -1.94. The molecule has 2 aromatic carbocycles. The fourth-order valence-electron chi connectivity index (χ4n) is 2.53. The van der Waals surface area contributed by atoms with Crippen LogP contribution in [-0.4, -0.2) is 22.5 Å². The highest BCUT2D eigenvalue weighted by atomic mass is 32.2. The largest absolute Gasteiger partial charge is 0.466 e. The van der Waals surface area contributed by atoms with Crippen LogP contribution < -0.4 is 0 Å². The van der Waals surface area contributed by atoms with E-state index in [2.05, 4.69) is 0 Å². The van der Waals surface area contributed by atoms with E-state index in [0.717, 1.165) is 28.9 Å². The van der Waals surface area contributed by atoms with Crippen LogP contribution in [0, 0.1) is 6.92 Å². The summed E-state index contributed by atoms with van der Waals surface area (Å²) in [5.74, 6) is 0.467. The van der Waals surface area contributed by atoms with Gasteiger partial charge in [0.25, 0.3) is 0 Å². The van der Waals surface area contributed by atoms with Gasteiger partial charge < -0.3 is 4.74 Å². The Balaban J connectivity index is 1.81. The van der Waals surface area contributed by atoms with E-state index >= 15 is 0 Å². The molecule has 0 N–H and O–H groups in total. The van der Waals surface area contributed by atoms with Crippen molar-refractivity contribution in [3.63, 3.8) is 0 Å². The Morgan fingerprint density at radius 1 is 1.04 bits per heavy atom. The predicted octanol–water partition coefficient (Wildman–Crippen LogP) is 3.84. The molecule has 0 bridgehead atoms. The number of carbonyl (C=O) groups is 1. The summed E-state index contributed by atoms with van der Waals surface area (Å²) in [7, 11) is -0.944. The van der Waals surface area contributed by atoms with Crippen LogP contribution in [0.25, 0.3) is 0 Å². The van der Waals surface area contributed by atoms with Crippen LogP contribution in [0.15, 0.2) is 53.4 Å². The minimum absolute atomic E-state index is 0.195. The molecule has 0 saturated carbocycles. The van der Waals surface area contributed by atoms with Crippen molar-refractivity contribution in [3.8, 4) is 0 Å². The lowest BCUT2D eigenvalue weighted by Crippen LogP contribution is -2.07. The van der Waals surface area contributed by atoms with E-state index in [4.69, 9.17) is 4.74 Å². The molecule has 0 aliphatic carbocycles. The quantitative estimate of drug-likeness (QED) is 0.683. The average molecular weight is 344 g/mol. The molecule has 4 heteroatoms. The van der Waals surface area contributed by atoms with E-state index < -0.39 is 10.8 Å². The van der Waals surface area contributed by atoms with Crippen molar-refractivity contribution in [1.29, 1.82) is 0 Å². The fraction of sp³-hybridized carbons (Fsp3) is 0.350. The zero-order chi connectivity index (χ0) is 17.4. The summed E-state index contributed by atoms with van der Waals surface area (Å²) < 4.78 is 17.3. The number of carbonyl (C=O) groups excluding carboxylic acids is 1. The molecular formula is C20H24O3S. The Kier molecular flexibility index (Phi) is 7.19. The highest BCUT2D eigenvalue weighted by molar-refractivity contribution is 7.85. The lowest BCUT2D eigenvalue weighted by Gasteiger charge is -2.07. The third kappa shape index (κ3) is 5.60. The topological polar surface area (TPSA) is 43.4 Å². The lowest BCUT2D eigenvalue weighted by atomic mass is 10.1. The number of esters is 1. The van der Waals surface area contributed by atoms with Gasteiger partial charge in [0.2, 0.25) is 0 Å². The molecule has 24 heavy (non-hydrogen) atoms. The Morgan fingerprint density at radius 2 is 1.71 bits per heavy atom. The van der Waals surface area contributed by atoms with Crippen LogP contribution in [0.3, 0.4) is 0 Å². The molecular weight excluding hydrogens is 320 g/mol. The summed E-state index contributed by atoms with van der Waals surface area (Å²) in [4.78, 5) is 12.4. The summed E-state index contributed by atoms with van der Waals surface area (Å²) in [5.41, 5.74) is 3.24. The van der Waals surface area contributed by atoms with Crippen molar-refractivity contribution in [2.75, 3.05) is 12.4 Å². The monoisotopic (exact) mass is 344 g/mol. The van der Waals surface area contributed by atoms with Crippen LogP contribution in [0.5, 0.6) is 0 Å². The number of benzene rings is 2. The molecule has 0 heterocycles. The van der Waals surface area contributed by atoms with Gasteiger partial charge in [0.15, 0.2) is 0 Å². The first kappa shape index (κ1) is 18.4. The van der Waals surface area contributed by atoms with Crippen LogP contribution in [0.2, 0.25) is 0 Å². The van der Waals surface area contributed by atoms with Crippen LogP contribution >= 0.6 is 0 Å². The molecule has 0 aliphatic rings. The highest BCUT2D eigenvalue weighted by Gasteiger charge is 2.07. The van der Waals surface area contributed by atoms with Crippen molar-refractivity contribution < 1.29 is 13.7 Å². The molecule has 0 aromatic heterocycles. The van der Waals surface area contributed by atoms with Gasteiger partial charge in [-0.2, -0.15) is 0 Å². The Morgan fingerprint density at radius 3 is 2.38 bits per heavy atom. The summed E-state index contributed by atoms with van der Waals surface area (Å²) in [6.45, 7) is 4.21. The first-order valence-corrected chi connectivity index (χ1v) is 9.59. The minimum Gasteiger partial charge on any atom is -0.466 e. The zero-order valence-corrected chi connectivity index (χ0v) is 15.1. The molecule has 3 nitrogen and oxygen atoms in total. The molecule has 128 valence electrons. The summed E-state index contributed by atoms with van der Waals surface area (Å²) in [6.07, 6.45) is 2.07. The smallest absolute Gasteiger partial charge is 0.310 e. The van der Waals surface area contributed by atoms with Gasteiger partial charge in [0.05, 0.1) is 23.8 Å². The maximum atomic E-state index is 12.4. The molecule has 0 spiro atoms. The van der Waals surface area contributed by atoms with E-state index in [1.807, 2.05) is 62.4 Å². The van der Waals surface area contributed by atoms with Gasteiger partial charge in [-0.05, 0) is 49.4 Å². The second kappa shape index (κ2) is 9.38. The van der Waals surface area contributed by atoms with Gasteiger partial charge in [0.1, 0.15) is 0 Å². The normalized spacial score (nSPS) is 11.9. The van der Waals surface area contributed by atoms with Crippen molar-refractivity contribution in [3.05, 3.63) is 65.2 Å². The van der Waals surface area contributed by atoms with E-state index in [-0.39, 0.29) is 5.97 Å². The van der Waals surface area contributed by atoms with Crippen LogP contribution in [0.1, 0.15) is 30.0 Å². The first-order valence-electron chi connectivity index (χ1n) is 8.27. The molecule has 2 rings (SSSR count). The van der Waals surface area contributed by atoms with E-state index in [0.29, 0.717) is 18.8 Å². The SMILES string of the molecule is CCOC(=O)Cc1ccc(CCCS(=O)c2ccccc2C)cc1. The Labute approximate surface area is 146 Å². The number of hydrogen-bond acceptors (Lipinski definition) is 3. The predicted molar refractivity (Wildman–Crippen MR) is 97.6 cm³/mol. The molecule has 0 amide bonds. The second-order valence-electron chi connectivity index (χ2n) is 5.72. The van der Waals surface area contributed by atoms with Crippen molar-refractivity contribution >= 4 is 16.8 Å². The zero-order valence-electron chi connectivity index (χ0n) is 14.3. The molecule has 1 atom stereocenters. The van der Waals surface area contributed by atoms with Gasteiger partial charge in [-0.15, -0.1) is 0 Å². The summed E-state index contributed by atoms with van der Waals surface area (Å²) in [6, 6.07) is 15.8. The number of aryl methyl sites for hydroxylation is 2. The maximum absolute atomic E-state index is 12.4. The van der Waals surface area contributed by atoms with Crippen molar-refractivity contribution in [2.45, 2.75) is 38.0 Å². The van der Waals surface area contributed by atoms with Gasteiger partial charge in [0, 0.05) is 10.6 Å². The molecule has 1 unspecified atom stereocenters. The van der Waals surface area contributed by atoms with E-state index in [1.165, 1.54) is 5.56 Å². The van der Waals surface area contributed by atoms with Gasteiger partial charge in [-0.1, -0.05) is 42.5 Å².